The van der Waals surface area contributed by atoms with E-state index in [0.29, 0.717) is 5.91 Å². The number of carbonyl (C=O) groups is 1. The zero-order valence-corrected chi connectivity index (χ0v) is 13.0. The van der Waals surface area contributed by atoms with Gasteiger partial charge in [-0.05, 0) is 18.8 Å². The lowest BCUT2D eigenvalue weighted by Crippen LogP contribution is -2.52. The number of hydrogen-bond acceptors (Lipinski definition) is 2. The molecule has 1 heterocycles. The Bertz CT molecular complexity index is 294. The van der Waals surface area contributed by atoms with Crippen LogP contribution >= 0.6 is 0 Å². The predicted molar refractivity (Wildman–Crippen MR) is 79.1 cm³/mol. The van der Waals surface area contributed by atoms with Crippen LogP contribution in [0.4, 0.5) is 0 Å². The highest BCUT2D eigenvalue weighted by molar-refractivity contribution is 5.81. The zero-order valence-electron chi connectivity index (χ0n) is 13.0. The van der Waals surface area contributed by atoms with Crippen LogP contribution in [0.1, 0.15) is 52.9 Å². The van der Waals surface area contributed by atoms with E-state index in [-0.39, 0.29) is 5.41 Å². The van der Waals surface area contributed by atoms with Gasteiger partial charge in [-0.3, -0.25) is 9.69 Å². The third-order valence-electron chi connectivity index (χ3n) is 4.54. The van der Waals surface area contributed by atoms with Crippen LogP contribution < -0.4 is 0 Å². The van der Waals surface area contributed by atoms with E-state index in [1.54, 1.807) is 0 Å². The molecule has 2 fully saturated rings. The lowest BCUT2D eigenvalue weighted by Gasteiger charge is -2.39. The topological polar surface area (TPSA) is 23.6 Å². The van der Waals surface area contributed by atoms with Crippen LogP contribution in [0.3, 0.4) is 0 Å². The second-order valence-electron chi connectivity index (χ2n) is 7.35. The Kier molecular flexibility index (Phi) is 4.88. The normalized spacial score (nSPS) is 23.6. The summed E-state index contributed by atoms with van der Waals surface area (Å²) in [6, 6.07) is 0. The maximum atomic E-state index is 12.2. The molecule has 0 bridgehead atoms. The van der Waals surface area contributed by atoms with E-state index in [9.17, 15) is 4.79 Å². The van der Waals surface area contributed by atoms with Crippen LogP contribution in [-0.4, -0.2) is 48.4 Å². The van der Waals surface area contributed by atoms with Gasteiger partial charge in [0.05, 0.1) is 0 Å². The SMILES string of the molecule is CC(C)(C)C(=O)N1CCN(CC2CCCCC2)CC1. The number of nitrogens with zero attached hydrogens (tertiary/aromatic N) is 2. The molecule has 0 aromatic rings. The monoisotopic (exact) mass is 266 g/mol. The summed E-state index contributed by atoms with van der Waals surface area (Å²) >= 11 is 0. The summed E-state index contributed by atoms with van der Waals surface area (Å²) in [5.74, 6) is 1.23. The van der Waals surface area contributed by atoms with Gasteiger partial charge in [-0.1, -0.05) is 40.0 Å². The molecule has 2 rings (SSSR count). The highest BCUT2D eigenvalue weighted by Gasteiger charge is 2.30. The quantitative estimate of drug-likeness (QED) is 0.767. The van der Waals surface area contributed by atoms with Crippen molar-refractivity contribution in [3.63, 3.8) is 0 Å². The summed E-state index contributed by atoms with van der Waals surface area (Å²) in [4.78, 5) is 16.8. The standard InChI is InChI=1S/C16H30N2O/c1-16(2,3)15(19)18-11-9-17(10-12-18)13-14-7-5-4-6-8-14/h14H,4-13H2,1-3H3. The lowest BCUT2D eigenvalue weighted by atomic mass is 9.89. The Balaban J connectivity index is 1.74. The van der Waals surface area contributed by atoms with Crippen LogP contribution in [0.5, 0.6) is 0 Å². The maximum absolute atomic E-state index is 12.2. The number of rotatable bonds is 2. The van der Waals surface area contributed by atoms with E-state index in [4.69, 9.17) is 0 Å². The molecule has 0 aromatic carbocycles. The summed E-state index contributed by atoms with van der Waals surface area (Å²) in [6.45, 7) is 11.3. The van der Waals surface area contributed by atoms with Gasteiger partial charge in [0, 0.05) is 38.1 Å². The lowest BCUT2D eigenvalue weighted by molar-refractivity contribution is -0.141. The van der Waals surface area contributed by atoms with Crippen LogP contribution in [-0.2, 0) is 4.79 Å². The highest BCUT2D eigenvalue weighted by Crippen LogP contribution is 2.25. The fourth-order valence-electron chi connectivity index (χ4n) is 3.34. The van der Waals surface area contributed by atoms with Gasteiger partial charge in [-0.2, -0.15) is 0 Å². The minimum Gasteiger partial charge on any atom is -0.340 e. The first-order valence-corrected chi connectivity index (χ1v) is 7.98. The number of piperazine rings is 1. The second-order valence-corrected chi connectivity index (χ2v) is 7.35. The molecule has 1 aliphatic heterocycles. The Labute approximate surface area is 118 Å². The largest absolute Gasteiger partial charge is 0.340 e. The number of amides is 1. The van der Waals surface area contributed by atoms with Gasteiger partial charge in [0.2, 0.25) is 5.91 Å². The van der Waals surface area contributed by atoms with Gasteiger partial charge in [0.1, 0.15) is 0 Å². The van der Waals surface area contributed by atoms with E-state index >= 15 is 0 Å². The molecule has 1 saturated carbocycles. The molecule has 1 saturated heterocycles. The van der Waals surface area contributed by atoms with Gasteiger partial charge >= 0.3 is 0 Å². The highest BCUT2D eigenvalue weighted by atomic mass is 16.2. The fourth-order valence-corrected chi connectivity index (χ4v) is 3.34. The van der Waals surface area contributed by atoms with Crippen molar-refractivity contribution in [1.29, 1.82) is 0 Å². The Morgan fingerprint density at radius 3 is 2.11 bits per heavy atom. The van der Waals surface area contributed by atoms with Gasteiger partial charge in [-0.25, -0.2) is 0 Å². The van der Waals surface area contributed by atoms with E-state index in [0.717, 1.165) is 32.1 Å². The van der Waals surface area contributed by atoms with Crippen LogP contribution in [0.2, 0.25) is 0 Å². The van der Waals surface area contributed by atoms with Crippen LogP contribution in [0, 0.1) is 11.3 Å². The molecule has 1 amide bonds. The third kappa shape index (κ3) is 4.20. The predicted octanol–water partition coefficient (Wildman–Crippen LogP) is 2.76. The molecule has 3 heteroatoms. The number of hydrogen-bond donors (Lipinski definition) is 0. The summed E-state index contributed by atoms with van der Waals surface area (Å²) < 4.78 is 0. The van der Waals surface area contributed by atoms with Crippen molar-refractivity contribution < 1.29 is 4.79 Å². The van der Waals surface area contributed by atoms with Crippen molar-refractivity contribution in [2.45, 2.75) is 52.9 Å². The molecule has 0 aromatic heterocycles. The molecule has 0 radical (unpaired) electrons. The molecule has 3 nitrogen and oxygen atoms in total. The minimum atomic E-state index is -0.231. The Hall–Kier alpha value is -0.570. The summed E-state index contributed by atoms with van der Waals surface area (Å²) in [5, 5.41) is 0. The molecular formula is C16H30N2O. The van der Waals surface area contributed by atoms with Gasteiger partial charge < -0.3 is 4.90 Å². The van der Waals surface area contributed by atoms with E-state index in [2.05, 4.69) is 9.80 Å². The molecule has 1 aliphatic carbocycles. The van der Waals surface area contributed by atoms with Crippen molar-refractivity contribution >= 4 is 5.91 Å². The number of carbonyl (C=O) groups excluding carboxylic acids is 1. The Morgan fingerprint density at radius 2 is 1.58 bits per heavy atom. The van der Waals surface area contributed by atoms with Crippen molar-refractivity contribution in [3.05, 3.63) is 0 Å². The average molecular weight is 266 g/mol. The zero-order chi connectivity index (χ0) is 13.9. The van der Waals surface area contributed by atoms with Crippen molar-refractivity contribution in [3.8, 4) is 0 Å². The second kappa shape index (κ2) is 6.25. The molecule has 19 heavy (non-hydrogen) atoms. The summed E-state index contributed by atoms with van der Waals surface area (Å²) in [5.41, 5.74) is -0.231. The van der Waals surface area contributed by atoms with Crippen molar-refractivity contribution in [2.75, 3.05) is 32.7 Å². The first kappa shape index (κ1) is 14.8. The molecule has 0 spiro atoms. The minimum absolute atomic E-state index is 0.231. The molecule has 110 valence electrons. The van der Waals surface area contributed by atoms with Gasteiger partial charge in [0.15, 0.2) is 0 Å². The molecule has 2 aliphatic rings. The molecule has 0 unspecified atom stereocenters. The molecule has 0 atom stereocenters. The summed E-state index contributed by atoms with van der Waals surface area (Å²) in [7, 11) is 0. The first-order valence-electron chi connectivity index (χ1n) is 7.98. The molecule has 0 N–H and O–H groups in total. The van der Waals surface area contributed by atoms with Crippen molar-refractivity contribution in [2.24, 2.45) is 11.3 Å². The first-order chi connectivity index (χ1) is 8.97. The van der Waals surface area contributed by atoms with Crippen LogP contribution in [0.15, 0.2) is 0 Å². The smallest absolute Gasteiger partial charge is 0.228 e. The van der Waals surface area contributed by atoms with E-state index in [1.807, 2.05) is 20.8 Å². The molecular weight excluding hydrogens is 236 g/mol. The average Bonchev–Trinajstić information content (AvgIpc) is 2.39. The van der Waals surface area contributed by atoms with E-state index in [1.165, 1.54) is 38.6 Å². The van der Waals surface area contributed by atoms with Crippen LogP contribution in [0.25, 0.3) is 0 Å². The Morgan fingerprint density at radius 1 is 1.00 bits per heavy atom. The van der Waals surface area contributed by atoms with Crippen molar-refractivity contribution in [1.82, 2.24) is 9.80 Å². The van der Waals surface area contributed by atoms with Gasteiger partial charge in [-0.15, -0.1) is 0 Å². The maximum Gasteiger partial charge on any atom is 0.228 e. The summed E-state index contributed by atoms with van der Waals surface area (Å²) in [6.07, 6.45) is 7.12. The third-order valence-corrected chi connectivity index (χ3v) is 4.54. The van der Waals surface area contributed by atoms with Gasteiger partial charge in [0.25, 0.3) is 0 Å². The van der Waals surface area contributed by atoms with E-state index < -0.39 is 0 Å². The fraction of sp³-hybridized carbons (Fsp3) is 0.938.